The van der Waals surface area contributed by atoms with E-state index in [9.17, 15) is 0 Å². The Kier molecular flexibility index (Phi) is 4.95. The number of hydrogen-bond acceptors (Lipinski definition) is 3. The number of rotatable bonds is 6. The van der Waals surface area contributed by atoms with Crippen LogP contribution in [0.25, 0.3) is 0 Å². The molecule has 0 fully saturated rings. The number of methoxy groups -OCH3 is 1. The minimum atomic E-state index is 0.486. The molecule has 1 aliphatic rings. The molecule has 100 valence electrons. The Bertz CT molecular complexity index is 394. The second-order valence-electron chi connectivity index (χ2n) is 4.76. The zero-order chi connectivity index (χ0) is 13.0. The molecule has 0 saturated carbocycles. The van der Waals surface area contributed by atoms with Crippen LogP contribution in [0.1, 0.15) is 44.7 Å². The summed E-state index contributed by atoms with van der Waals surface area (Å²) in [5.74, 6) is 1.03. The summed E-state index contributed by atoms with van der Waals surface area (Å²) in [5, 5.41) is 4.34. The molecule has 1 aromatic rings. The van der Waals surface area contributed by atoms with Gasteiger partial charge in [0.1, 0.15) is 5.75 Å². The van der Waals surface area contributed by atoms with Gasteiger partial charge in [-0.3, -0.25) is 0 Å². The van der Waals surface area contributed by atoms with Crippen molar-refractivity contribution in [3.8, 4) is 5.75 Å². The first-order valence-electron chi connectivity index (χ1n) is 6.88. The maximum Gasteiger partial charge on any atom is 0.132 e. The zero-order valence-electron chi connectivity index (χ0n) is 11.5. The van der Waals surface area contributed by atoms with Crippen LogP contribution in [0.2, 0.25) is 0 Å². The molecule has 1 aromatic carbocycles. The Labute approximate surface area is 114 Å². The van der Waals surface area contributed by atoms with Crippen molar-refractivity contribution in [2.75, 3.05) is 13.7 Å². The van der Waals surface area contributed by atoms with Gasteiger partial charge < -0.3 is 10.1 Å². The summed E-state index contributed by atoms with van der Waals surface area (Å²) in [6, 6.07) is 6.90. The number of hydrogen-bond donors (Lipinski definition) is 1. The molecular weight excluding hydrogens is 242 g/mol. The van der Waals surface area contributed by atoms with Crippen LogP contribution in [-0.2, 0) is 0 Å². The van der Waals surface area contributed by atoms with Gasteiger partial charge in [0.05, 0.1) is 12.0 Å². The number of ether oxygens (including phenoxy) is 1. The second kappa shape index (κ2) is 6.48. The number of thioether (sulfide) groups is 1. The molecule has 1 heterocycles. The molecular formula is C15H23NOS. The van der Waals surface area contributed by atoms with Crippen LogP contribution in [0.3, 0.4) is 0 Å². The second-order valence-corrected chi connectivity index (χ2v) is 6.00. The average molecular weight is 265 g/mol. The summed E-state index contributed by atoms with van der Waals surface area (Å²) in [5.41, 5.74) is 1.42. The van der Waals surface area contributed by atoms with E-state index >= 15 is 0 Å². The van der Waals surface area contributed by atoms with E-state index in [1.807, 2.05) is 11.8 Å². The molecule has 2 nitrogen and oxygen atoms in total. The van der Waals surface area contributed by atoms with Crippen LogP contribution in [0.4, 0.5) is 0 Å². The SMILES string of the molecule is CCCNC1c2cccc(OC)c2SC1CCC. The van der Waals surface area contributed by atoms with Crippen molar-refractivity contribution in [3.63, 3.8) is 0 Å². The highest BCUT2D eigenvalue weighted by Crippen LogP contribution is 2.49. The topological polar surface area (TPSA) is 21.3 Å². The summed E-state index contributed by atoms with van der Waals surface area (Å²) in [7, 11) is 1.76. The predicted octanol–water partition coefficient (Wildman–Crippen LogP) is 4.01. The molecule has 1 aliphatic heterocycles. The lowest BCUT2D eigenvalue weighted by molar-refractivity contribution is 0.402. The third-order valence-electron chi connectivity index (χ3n) is 3.39. The first-order chi connectivity index (χ1) is 8.81. The van der Waals surface area contributed by atoms with Gasteiger partial charge in [0.15, 0.2) is 0 Å². The summed E-state index contributed by atoms with van der Waals surface area (Å²) in [4.78, 5) is 1.34. The van der Waals surface area contributed by atoms with Gasteiger partial charge in [-0.05, 0) is 31.0 Å². The van der Waals surface area contributed by atoms with Crippen LogP contribution in [0.5, 0.6) is 5.75 Å². The standard InChI is InChI=1S/C15H23NOS/c1-4-7-13-14(16-10-5-2)11-8-6-9-12(17-3)15(11)18-13/h6,8-9,13-14,16H,4-5,7,10H2,1-3H3. The maximum absolute atomic E-state index is 5.49. The van der Waals surface area contributed by atoms with Gasteiger partial charge in [0.25, 0.3) is 0 Å². The third kappa shape index (κ3) is 2.67. The summed E-state index contributed by atoms with van der Waals surface area (Å²) in [6.45, 7) is 5.57. The van der Waals surface area contributed by atoms with Crippen molar-refractivity contribution in [2.45, 2.75) is 49.3 Å². The Balaban J connectivity index is 2.25. The Hall–Kier alpha value is -0.670. The molecule has 0 amide bonds. The van der Waals surface area contributed by atoms with E-state index in [1.165, 1.54) is 29.7 Å². The van der Waals surface area contributed by atoms with E-state index in [-0.39, 0.29) is 0 Å². The van der Waals surface area contributed by atoms with Crippen molar-refractivity contribution in [3.05, 3.63) is 23.8 Å². The van der Waals surface area contributed by atoms with Gasteiger partial charge in [-0.25, -0.2) is 0 Å². The van der Waals surface area contributed by atoms with Gasteiger partial charge >= 0.3 is 0 Å². The van der Waals surface area contributed by atoms with E-state index in [0.29, 0.717) is 11.3 Å². The molecule has 0 aliphatic carbocycles. The fourth-order valence-electron chi connectivity index (χ4n) is 2.54. The van der Waals surface area contributed by atoms with Crippen molar-refractivity contribution < 1.29 is 4.74 Å². The molecule has 2 unspecified atom stereocenters. The minimum absolute atomic E-state index is 0.486. The van der Waals surface area contributed by atoms with E-state index < -0.39 is 0 Å². The lowest BCUT2D eigenvalue weighted by Gasteiger charge is -2.20. The molecule has 0 aromatic heterocycles. The van der Waals surface area contributed by atoms with E-state index in [0.717, 1.165) is 12.3 Å². The van der Waals surface area contributed by atoms with Gasteiger partial charge in [0.2, 0.25) is 0 Å². The zero-order valence-corrected chi connectivity index (χ0v) is 12.3. The molecule has 0 saturated heterocycles. The average Bonchev–Trinajstić information content (AvgIpc) is 2.74. The minimum Gasteiger partial charge on any atom is -0.496 e. The molecule has 0 bridgehead atoms. The lowest BCUT2D eigenvalue weighted by atomic mass is 10.0. The first kappa shape index (κ1) is 13.8. The summed E-state index contributed by atoms with van der Waals surface area (Å²) < 4.78 is 5.49. The highest BCUT2D eigenvalue weighted by atomic mass is 32.2. The number of fused-ring (bicyclic) bond motifs is 1. The van der Waals surface area contributed by atoms with Gasteiger partial charge in [0, 0.05) is 11.3 Å². The molecule has 2 rings (SSSR count). The van der Waals surface area contributed by atoms with Gasteiger partial charge in [-0.1, -0.05) is 32.4 Å². The first-order valence-corrected chi connectivity index (χ1v) is 7.76. The Morgan fingerprint density at radius 1 is 1.28 bits per heavy atom. The quantitative estimate of drug-likeness (QED) is 0.839. The van der Waals surface area contributed by atoms with E-state index in [1.54, 1.807) is 7.11 Å². The predicted molar refractivity (Wildman–Crippen MR) is 78.6 cm³/mol. The van der Waals surface area contributed by atoms with Crippen molar-refractivity contribution >= 4 is 11.8 Å². The van der Waals surface area contributed by atoms with Gasteiger partial charge in [-0.2, -0.15) is 0 Å². The fraction of sp³-hybridized carbons (Fsp3) is 0.600. The molecule has 1 N–H and O–H groups in total. The van der Waals surface area contributed by atoms with Crippen LogP contribution in [-0.4, -0.2) is 18.9 Å². The van der Waals surface area contributed by atoms with Crippen LogP contribution in [0.15, 0.2) is 23.1 Å². The van der Waals surface area contributed by atoms with Crippen molar-refractivity contribution in [2.24, 2.45) is 0 Å². The van der Waals surface area contributed by atoms with Crippen molar-refractivity contribution in [1.82, 2.24) is 5.32 Å². The lowest BCUT2D eigenvalue weighted by Crippen LogP contribution is -2.27. The van der Waals surface area contributed by atoms with Crippen LogP contribution in [0, 0.1) is 0 Å². The molecule has 3 heteroatoms. The molecule has 0 spiro atoms. The van der Waals surface area contributed by atoms with Crippen LogP contribution < -0.4 is 10.1 Å². The molecule has 0 radical (unpaired) electrons. The number of nitrogens with one attached hydrogen (secondary N) is 1. The molecule has 18 heavy (non-hydrogen) atoms. The largest absolute Gasteiger partial charge is 0.496 e. The van der Waals surface area contributed by atoms with Gasteiger partial charge in [-0.15, -0.1) is 11.8 Å². The fourth-order valence-corrected chi connectivity index (χ4v) is 4.17. The monoisotopic (exact) mass is 265 g/mol. The Morgan fingerprint density at radius 3 is 2.78 bits per heavy atom. The summed E-state index contributed by atoms with van der Waals surface area (Å²) >= 11 is 1.98. The Morgan fingerprint density at radius 2 is 2.11 bits per heavy atom. The number of benzene rings is 1. The smallest absolute Gasteiger partial charge is 0.132 e. The van der Waals surface area contributed by atoms with Crippen molar-refractivity contribution in [1.29, 1.82) is 0 Å². The van der Waals surface area contributed by atoms with E-state index in [2.05, 4.69) is 37.4 Å². The molecule has 2 atom stereocenters. The maximum atomic E-state index is 5.49. The normalized spacial score (nSPS) is 21.9. The van der Waals surface area contributed by atoms with Crippen LogP contribution >= 0.6 is 11.8 Å². The third-order valence-corrected chi connectivity index (χ3v) is 4.88. The highest BCUT2D eigenvalue weighted by molar-refractivity contribution is 8.00. The highest BCUT2D eigenvalue weighted by Gasteiger charge is 2.33. The summed E-state index contributed by atoms with van der Waals surface area (Å²) in [6.07, 6.45) is 3.67. The van der Waals surface area contributed by atoms with E-state index in [4.69, 9.17) is 4.74 Å².